The number of fused-ring (bicyclic) bond motifs is 1. The molecule has 172 valence electrons. The topological polar surface area (TPSA) is 93.5 Å². The quantitative estimate of drug-likeness (QED) is 0.551. The number of methoxy groups -OCH3 is 1. The number of nitrogens with zero attached hydrogens (tertiary/aromatic N) is 6. The molecule has 0 spiro atoms. The molecule has 0 aliphatic carbocycles. The summed E-state index contributed by atoms with van der Waals surface area (Å²) < 4.78 is 6.98. The second-order valence-electron chi connectivity index (χ2n) is 8.20. The van der Waals surface area contributed by atoms with E-state index in [4.69, 9.17) is 9.72 Å². The van der Waals surface area contributed by atoms with Gasteiger partial charge in [0.15, 0.2) is 5.82 Å². The van der Waals surface area contributed by atoms with Gasteiger partial charge in [0.05, 0.1) is 13.7 Å². The highest BCUT2D eigenvalue weighted by Gasteiger charge is 2.28. The summed E-state index contributed by atoms with van der Waals surface area (Å²) in [4.78, 5) is 42.3. The first-order valence-corrected chi connectivity index (χ1v) is 10.9. The van der Waals surface area contributed by atoms with Crippen molar-refractivity contribution < 1.29 is 14.3 Å². The van der Waals surface area contributed by atoms with E-state index in [-0.39, 0.29) is 18.4 Å². The summed E-state index contributed by atoms with van der Waals surface area (Å²) in [5, 5.41) is 0. The smallest absolute Gasteiger partial charge is 0.289 e. The Kier molecular flexibility index (Phi) is 6.39. The van der Waals surface area contributed by atoms with Crippen molar-refractivity contribution in [3.8, 4) is 5.75 Å². The maximum absolute atomic E-state index is 12.8. The number of benzene rings is 1. The van der Waals surface area contributed by atoms with Crippen LogP contribution in [0.4, 0.5) is 5.82 Å². The number of carbonyl (C=O) groups excluding carboxylic acids is 2. The predicted octanol–water partition coefficient (Wildman–Crippen LogP) is 2.32. The molecular formula is C24H28N6O3. The molecule has 9 nitrogen and oxygen atoms in total. The average Bonchev–Trinajstić information content (AvgIpc) is 3.23. The second-order valence-corrected chi connectivity index (χ2v) is 8.20. The molecule has 1 aliphatic heterocycles. The highest BCUT2D eigenvalue weighted by molar-refractivity contribution is 5.95. The number of amides is 2. The Morgan fingerprint density at radius 1 is 1.24 bits per heavy atom. The summed E-state index contributed by atoms with van der Waals surface area (Å²) in [6.45, 7) is 2.66. The SMILES string of the molecule is COc1cccc(CCN2C(=O)CCc3c(C)nc(CN(C)C(=O)c4nccn4C)nc32)c1. The minimum atomic E-state index is -0.215. The standard InChI is InChI=1S/C24H28N6O3/c1-16-19-8-9-21(31)30(12-10-17-6-5-7-18(14-17)33-4)22(19)27-20(26-16)15-29(3)24(32)23-25-11-13-28(23)2/h5-7,11,13-14H,8-10,12,15H2,1-4H3. The van der Waals surface area contributed by atoms with Gasteiger partial charge in [-0.1, -0.05) is 12.1 Å². The highest BCUT2D eigenvalue weighted by atomic mass is 16.5. The van der Waals surface area contributed by atoms with Crippen molar-refractivity contribution in [3.63, 3.8) is 0 Å². The maximum Gasteiger partial charge on any atom is 0.289 e. The molecule has 2 amide bonds. The van der Waals surface area contributed by atoms with E-state index in [1.54, 1.807) is 43.1 Å². The predicted molar refractivity (Wildman–Crippen MR) is 123 cm³/mol. The molecule has 9 heteroatoms. The Balaban J connectivity index is 1.56. The third kappa shape index (κ3) is 4.72. The van der Waals surface area contributed by atoms with Gasteiger partial charge in [-0.15, -0.1) is 0 Å². The van der Waals surface area contributed by atoms with E-state index in [0.29, 0.717) is 43.3 Å². The van der Waals surface area contributed by atoms with Gasteiger partial charge in [-0.05, 0) is 37.5 Å². The third-order valence-electron chi connectivity index (χ3n) is 5.88. The van der Waals surface area contributed by atoms with E-state index < -0.39 is 0 Å². The molecule has 1 aliphatic rings. The number of aryl methyl sites for hydroxylation is 2. The lowest BCUT2D eigenvalue weighted by atomic mass is 10.0. The number of rotatable bonds is 7. The lowest BCUT2D eigenvalue weighted by molar-refractivity contribution is -0.118. The van der Waals surface area contributed by atoms with Gasteiger partial charge >= 0.3 is 0 Å². The zero-order valence-corrected chi connectivity index (χ0v) is 19.4. The Morgan fingerprint density at radius 3 is 2.79 bits per heavy atom. The Hall–Kier alpha value is -3.75. The van der Waals surface area contributed by atoms with Crippen LogP contribution in [0.1, 0.15) is 39.7 Å². The Labute approximate surface area is 193 Å². The van der Waals surface area contributed by atoms with E-state index in [1.807, 2.05) is 31.2 Å². The van der Waals surface area contributed by atoms with E-state index in [1.165, 1.54) is 4.90 Å². The molecule has 0 bridgehead atoms. The molecule has 0 unspecified atom stereocenters. The van der Waals surface area contributed by atoms with Crippen molar-refractivity contribution >= 4 is 17.6 Å². The lowest BCUT2D eigenvalue weighted by Gasteiger charge is -2.30. The molecule has 0 fully saturated rings. The maximum atomic E-state index is 12.8. The van der Waals surface area contributed by atoms with Gasteiger partial charge in [0.25, 0.3) is 5.91 Å². The summed E-state index contributed by atoms with van der Waals surface area (Å²) in [5.74, 6) is 2.12. The fourth-order valence-electron chi connectivity index (χ4n) is 4.04. The van der Waals surface area contributed by atoms with Crippen LogP contribution in [0, 0.1) is 6.92 Å². The number of anilines is 1. The van der Waals surface area contributed by atoms with Crippen molar-refractivity contribution in [1.29, 1.82) is 0 Å². The molecular weight excluding hydrogens is 420 g/mol. The zero-order valence-electron chi connectivity index (χ0n) is 19.4. The number of hydrogen-bond acceptors (Lipinski definition) is 6. The number of carbonyl (C=O) groups is 2. The van der Waals surface area contributed by atoms with Crippen LogP contribution < -0.4 is 9.64 Å². The van der Waals surface area contributed by atoms with Gasteiger partial charge in [-0.25, -0.2) is 15.0 Å². The lowest BCUT2D eigenvalue weighted by Crippen LogP contribution is -2.38. The van der Waals surface area contributed by atoms with E-state index in [2.05, 4.69) is 9.97 Å². The monoisotopic (exact) mass is 448 g/mol. The summed E-state index contributed by atoms with van der Waals surface area (Å²) in [5.41, 5.74) is 2.91. The first kappa shape index (κ1) is 22.4. The van der Waals surface area contributed by atoms with Crippen LogP contribution in [0.5, 0.6) is 5.75 Å². The average molecular weight is 449 g/mol. The van der Waals surface area contributed by atoms with Gasteiger partial charge < -0.3 is 14.2 Å². The fourth-order valence-corrected chi connectivity index (χ4v) is 4.04. The van der Waals surface area contributed by atoms with E-state index >= 15 is 0 Å². The van der Waals surface area contributed by atoms with Crippen LogP contribution in [-0.2, 0) is 31.2 Å². The van der Waals surface area contributed by atoms with Crippen LogP contribution in [0.15, 0.2) is 36.7 Å². The normalized spacial score (nSPS) is 13.1. The van der Waals surface area contributed by atoms with Crippen LogP contribution in [0.3, 0.4) is 0 Å². The minimum Gasteiger partial charge on any atom is -0.497 e. The Morgan fingerprint density at radius 2 is 2.06 bits per heavy atom. The molecule has 1 aromatic carbocycles. The molecule has 3 heterocycles. The zero-order chi connectivity index (χ0) is 23.5. The van der Waals surface area contributed by atoms with E-state index in [0.717, 1.165) is 22.6 Å². The molecule has 33 heavy (non-hydrogen) atoms. The van der Waals surface area contributed by atoms with Crippen molar-refractivity contribution in [3.05, 3.63) is 65.1 Å². The Bertz CT molecular complexity index is 1190. The molecule has 0 saturated heterocycles. The molecule has 4 rings (SSSR count). The molecule has 0 N–H and O–H groups in total. The molecule has 0 saturated carbocycles. The minimum absolute atomic E-state index is 0.0480. The second kappa shape index (κ2) is 9.40. The summed E-state index contributed by atoms with van der Waals surface area (Å²) in [6, 6.07) is 7.84. The van der Waals surface area contributed by atoms with Crippen molar-refractivity contribution in [1.82, 2.24) is 24.4 Å². The van der Waals surface area contributed by atoms with Crippen LogP contribution >= 0.6 is 0 Å². The van der Waals surface area contributed by atoms with Crippen molar-refractivity contribution in [2.45, 2.75) is 32.7 Å². The van der Waals surface area contributed by atoms with E-state index in [9.17, 15) is 9.59 Å². The van der Waals surface area contributed by atoms with Crippen LogP contribution in [0.25, 0.3) is 0 Å². The van der Waals surface area contributed by atoms with Gasteiger partial charge in [0.1, 0.15) is 17.4 Å². The molecule has 0 radical (unpaired) electrons. The first-order valence-electron chi connectivity index (χ1n) is 10.9. The number of ether oxygens (including phenoxy) is 1. The molecule has 2 aromatic heterocycles. The first-order chi connectivity index (χ1) is 15.9. The number of hydrogen-bond donors (Lipinski definition) is 0. The summed E-state index contributed by atoms with van der Waals surface area (Å²) >= 11 is 0. The third-order valence-corrected chi connectivity index (χ3v) is 5.88. The van der Waals surface area contributed by atoms with Gasteiger partial charge in [-0.2, -0.15) is 0 Å². The van der Waals surface area contributed by atoms with Gasteiger partial charge in [-0.3, -0.25) is 14.5 Å². The van der Waals surface area contributed by atoms with Gasteiger partial charge in [0.2, 0.25) is 5.91 Å². The van der Waals surface area contributed by atoms with Gasteiger partial charge in [0, 0.05) is 50.7 Å². The number of aromatic nitrogens is 4. The summed E-state index contributed by atoms with van der Waals surface area (Å²) in [7, 11) is 5.11. The van der Waals surface area contributed by atoms with Crippen LogP contribution in [0.2, 0.25) is 0 Å². The number of imidazole rings is 1. The fraction of sp³-hybridized carbons (Fsp3) is 0.375. The van der Waals surface area contributed by atoms with Crippen molar-refractivity contribution in [2.75, 3.05) is 25.6 Å². The largest absolute Gasteiger partial charge is 0.497 e. The molecule has 3 aromatic rings. The molecule has 0 atom stereocenters. The van der Waals surface area contributed by atoms with Crippen LogP contribution in [-0.4, -0.2) is 56.9 Å². The highest BCUT2D eigenvalue weighted by Crippen LogP contribution is 2.28. The summed E-state index contributed by atoms with van der Waals surface area (Å²) in [6.07, 6.45) is 5.06. The van der Waals surface area contributed by atoms with Crippen molar-refractivity contribution in [2.24, 2.45) is 7.05 Å².